The number of H-pyrrole nitrogens is 1. The van der Waals surface area contributed by atoms with Gasteiger partial charge in [0.2, 0.25) is 5.95 Å². The van der Waals surface area contributed by atoms with E-state index >= 15 is 0 Å². The predicted molar refractivity (Wildman–Crippen MR) is 81.6 cm³/mol. The second-order valence-electron chi connectivity index (χ2n) is 4.68. The molecule has 0 saturated carbocycles. The number of hydrogen-bond acceptors (Lipinski definition) is 4. The van der Waals surface area contributed by atoms with E-state index in [2.05, 4.69) is 41.3 Å². The standard InChI is InChI=1S/C14H16N4S/c1-8-3-6-13(19-8)9(2)16-14-17-11-5-4-10(15)7-12(11)18-14/h3-7,9H,15H2,1-2H3,(H2,16,17,18). The molecular weight excluding hydrogens is 256 g/mol. The summed E-state index contributed by atoms with van der Waals surface area (Å²) in [5.74, 6) is 0.777. The number of benzene rings is 1. The molecule has 0 amide bonds. The van der Waals surface area contributed by atoms with Crippen LogP contribution >= 0.6 is 11.3 Å². The first-order valence-corrected chi connectivity index (χ1v) is 7.01. The minimum Gasteiger partial charge on any atom is -0.399 e. The van der Waals surface area contributed by atoms with Gasteiger partial charge in [-0.2, -0.15) is 0 Å². The lowest BCUT2D eigenvalue weighted by Gasteiger charge is -2.10. The molecule has 1 atom stereocenters. The van der Waals surface area contributed by atoms with Gasteiger partial charge in [0.1, 0.15) is 0 Å². The predicted octanol–water partition coefficient (Wildman–Crippen LogP) is 3.69. The summed E-state index contributed by atoms with van der Waals surface area (Å²) in [4.78, 5) is 10.4. The lowest BCUT2D eigenvalue weighted by Crippen LogP contribution is -2.05. The van der Waals surface area contributed by atoms with Gasteiger partial charge in [0.25, 0.3) is 0 Å². The van der Waals surface area contributed by atoms with Gasteiger partial charge in [-0.1, -0.05) is 0 Å². The number of anilines is 2. The second kappa shape index (κ2) is 4.59. The third kappa shape index (κ3) is 2.42. The normalized spacial score (nSPS) is 12.7. The minimum atomic E-state index is 0.233. The van der Waals surface area contributed by atoms with Crippen molar-refractivity contribution in [3.05, 3.63) is 40.1 Å². The Morgan fingerprint density at radius 3 is 2.89 bits per heavy atom. The summed E-state index contributed by atoms with van der Waals surface area (Å²) < 4.78 is 0. The number of nitrogen functional groups attached to an aromatic ring is 1. The van der Waals surface area contributed by atoms with Crippen LogP contribution in [0, 0.1) is 6.92 Å². The van der Waals surface area contributed by atoms with Crippen LogP contribution < -0.4 is 11.1 Å². The van der Waals surface area contributed by atoms with E-state index in [1.54, 1.807) is 11.3 Å². The summed E-state index contributed by atoms with van der Waals surface area (Å²) in [5, 5.41) is 3.38. The van der Waals surface area contributed by atoms with Crippen LogP contribution in [0.25, 0.3) is 11.0 Å². The van der Waals surface area contributed by atoms with Crippen molar-refractivity contribution < 1.29 is 0 Å². The van der Waals surface area contributed by atoms with Gasteiger partial charge in [-0.3, -0.25) is 0 Å². The van der Waals surface area contributed by atoms with Gasteiger partial charge >= 0.3 is 0 Å². The number of thiophene rings is 1. The second-order valence-corrected chi connectivity index (χ2v) is 6.00. The molecule has 0 aliphatic rings. The van der Waals surface area contributed by atoms with Crippen molar-refractivity contribution in [3.63, 3.8) is 0 Å². The van der Waals surface area contributed by atoms with Gasteiger partial charge in [0.05, 0.1) is 17.1 Å². The quantitative estimate of drug-likeness (QED) is 0.637. The van der Waals surface area contributed by atoms with Crippen molar-refractivity contribution in [2.75, 3.05) is 11.1 Å². The molecule has 0 fully saturated rings. The van der Waals surface area contributed by atoms with Crippen LogP contribution in [0.1, 0.15) is 22.7 Å². The summed E-state index contributed by atoms with van der Waals surface area (Å²) in [6.07, 6.45) is 0. The Balaban J connectivity index is 1.85. The first kappa shape index (κ1) is 12.0. The number of aromatic nitrogens is 2. The molecule has 4 nitrogen and oxygen atoms in total. The SMILES string of the molecule is Cc1ccc(C(C)Nc2nc3ccc(N)cc3[nH]2)s1. The number of rotatable bonds is 3. The molecule has 98 valence electrons. The summed E-state index contributed by atoms with van der Waals surface area (Å²) in [6.45, 7) is 4.25. The van der Waals surface area contributed by atoms with Gasteiger partial charge in [-0.15, -0.1) is 11.3 Å². The molecule has 0 aliphatic carbocycles. The van der Waals surface area contributed by atoms with E-state index < -0.39 is 0 Å². The molecule has 3 rings (SSSR count). The van der Waals surface area contributed by atoms with Gasteiger partial charge < -0.3 is 16.0 Å². The smallest absolute Gasteiger partial charge is 0.201 e. The molecular formula is C14H16N4S. The van der Waals surface area contributed by atoms with E-state index in [1.807, 2.05) is 18.2 Å². The molecule has 1 unspecified atom stereocenters. The van der Waals surface area contributed by atoms with Crippen molar-refractivity contribution in [1.29, 1.82) is 0 Å². The maximum absolute atomic E-state index is 5.76. The Hall–Kier alpha value is -2.01. The van der Waals surface area contributed by atoms with Crippen molar-refractivity contribution in [2.24, 2.45) is 0 Å². The zero-order chi connectivity index (χ0) is 13.4. The van der Waals surface area contributed by atoms with Crippen LogP contribution in [-0.4, -0.2) is 9.97 Å². The van der Waals surface area contributed by atoms with Gasteiger partial charge in [0.15, 0.2) is 0 Å². The highest BCUT2D eigenvalue weighted by Gasteiger charge is 2.10. The highest BCUT2D eigenvalue weighted by Crippen LogP contribution is 2.26. The van der Waals surface area contributed by atoms with E-state index in [0.29, 0.717) is 0 Å². The van der Waals surface area contributed by atoms with Crippen molar-refractivity contribution >= 4 is 34.0 Å². The van der Waals surface area contributed by atoms with Crippen LogP contribution in [0.2, 0.25) is 0 Å². The van der Waals surface area contributed by atoms with Crippen LogP contribution in [0.15, 0.2) is 30.3 Å². The fraction of sp³-hybridized carbons (Fsp3) is 0.214. The van der Waals surface area contributed by atoms with Crippen LogP contribution in [0.3, 0.4) is 0 Å². The van der Waals surface area contributed by atoms with Crippen molar-refractivity contribution in [3.8, 4) is 0 Å². The van der Waals surface area contributed by atoms with Crippen LogP contribution in [0.4, 0.5) is 11.6 Å². The molecule has 0 saturated heterocycles. The molecule has 3 aromatic rings. The summed E-state index contributed by atoms with van der Waals surface area (Å²) in [5.41, 5.74) is 8.38. The summed E-state index contributed by atoms with van der Waals surface area (Å²) in [6, 6.07) is 10.2. The molecule has 5 heteroatoms. The topological polar surface area (TPSA) is 66.7 Å². The monoisotopic (exact) mass is 272 g/mol. The zero-order valence-corrected chi connectivity index (χ0v) is 11.7. The molecule has 0 spiro atoms. The fourth-order valence-electron chi connectivity index (χ4n) is 2.06. The van der Waals surface area contributed by atoms with E-state index in [-0.39, 0.29) is 6.04 Å². The number of imidazole rings is 1. The molecule has 0 radical (unpaired) electrons. The largest absolute Gasteiger partial charge is 0.399 e. The van der Waals surface area contributed by atoms with Gasteiger partial charge in [-0.05, 0) is 44.2 Å². The average molecular weight is 272 g/mol. The van der Waals surface area contributed by atoms with E-state index in [4.69, 9.17) is 5.73 Å². The lowest BCUT2D eigenvalue weighted by molar-refractivity contribution is 0.890. The maximum Gasteiger partial charge on any atom is 0.201 e. The molecule has 1 aromatic carbocycles. The van der Waals surface area contributed by atoms with E-state index in [0.717, 1.165) is 22.7 Å². The molecule has 19 heavy (non-hydrogen) atoms. The zero-order valence-electron chi connectivity index (χ0n) is 10.9. The number of aromatic amines is 1. The fourth-order valence-corrected chi connectivity index (χ4v) is 2.94. The number of hydrogen-bond donors (Lipinski definition) is 3. The number of nitrogens with zero attached hydrogens (tertiary/aromatic N) is 1. The van der Waals surface area contributed by atoms with Gasteiger partial charge in [0, 0.05) is 15.4 Å². The summed E-state index contributed by atoms with van der Waals surface area (Å²) >= 11 is 1.80. The Kier molecular flexibility index (Phi) is 2.91. The lowest BCUT2D eigenvalue weighted by atomic mass is 10.3. The first-order chi connectivity index (χ1) is 9.11. The minimum absolute atomic E-state index is 0.233. The number of aryl methyl sites for hydroxylation is 1. The summed E-state index contributed by atoms with van der Waals surface area (Å²) in [7, 11) is 0. The van der Waals surface area contributed by atoms with E-state index in [1.165, 1.54) is 9.75 Å². The first-order valence-electron chi connectivity index (χ1n) is 6.20. The van der Waals surface area contributed by atoms with Crippen LogP contribution in [0.5, 0.6) is 0 Å². The molecule has 2 heterocycles. The molecule has 2 aromatic heterocycles. The highest BCUT2D eigenvalue weighted by atomic mass is 32.1. The van der Waals surface area contributed by atoms with Crippen LogP contribution in [-0.2, 0) is 0 Å². The van der Waals surface area contributed by atoms with Crippen molar-refractivity contribution in [1.82, 2.24) is 9.97 Å². The van der Waals surface area contributed by atoms with Gasteiger partial charge in [-0.25, -0.2) is 4.98 Å². The number of nitrogens with one attached hydrogen (secondary N) is 2. The molecule has 0 bridgehead atoms. The third-order valence-corrected chi connectivity index (χ3v) is 4.23. The maximum atomic E-state index is 5.76. The molecule has 4 N–H and O–H groups in total. The average Bonchev–Trinajstić information content (AvgIpc) is 2.94. The highest BCUT2D eigenvalue weighted by molar-refractivity contribution is 7.12. The number of fused-ring (bicyclic) bond motifs is 1. The van der Waals surface area contributed by atoms with Crippen molar-refractivity contribution in [2.45, 2.75) is 19.9 Å². The molecule has 0 aliphatic heterocycles. The van der Waals surface area contributed by atoms with E-state index in [9.17, 15) is 0 Å². The Morgan fingerprint density at radius 1 is 1.32 bits per heavy atom. The Bertz CT molecular complexity index is 713. The Labute approximate surface area is 115 Å². The Morgan fingerprint density at radius 2 is 2.16 bits per heavy atom. The number of nitrogens with two attached hydrogens (primary N) is 1. The third-order valence-electron chi connectivity index (χ3n) is 3.05.